The van der Waals surface area contributed by atoms with Crippen molar-refractivity contribution in [2.75, 3.05) is 19.1 Å². The van der Waals surface area contributed by atoms with Crippen LogP contribution in [0.5, 0.6) is 0 Å². The Kier molecular flexibility index (Phi) is 5.09. The zero-order valence-corrected chi connectivity index (χ0v) is 16.6. The third-order valence-corrected chi connectivity index (χ3v) is 4.12. The van der Waals surface area contributed by atoms with Crippen LogP contribution in [0, 0.1) is 0 Å². The minimum Gasteiger partial charge on any atom is -0.465 e. The SMILES string of the molecule is COC(=O)c1cccc(-c2cnc3ccc(N(C)C(=O)OC(C)(C)C)cn23)c1. The molecular weight excluding hydrogens is 358 g/mol. The van der Waals surface area contributed by atoms with Gasteiger partial charge in [0.25, 0.3) is 0 Å². The zero-order valence-electron chi connectivity index (χ0n) is 16.6. The van der Waals surface area contributed by atoms with Crippen LogP contribution < -0.4 is 4.90 Å². The van der Waals surface area contributed by atoms with Gasteiger partial charge in [0.1, 0.15) is 11.2 Å². The molecule has 146 valence electrons. The van der Waals surface area contributed by atoms with Crippen LogP contribution in [-0.2, 0) is 9.47 Å². The molecule has 1 amide bonds. The smallest absolute Gasteiger partial charge is 0.414 e. The number of ether oxygens (including phenoxy) is 2. The van der Waals surface area contributed by atoms with Crippen molar-refractivity contribution in [2.24, 2.45) is 0 Å². The lowest BCUT2D eigenvalue weighted by molar-refractivity contribution is 0.0583. The highest BCUT2D eigenvalue weighted by molar-refractivity contribution is 5.91. The summed E-state index contributed by atoms with van der Waals surface area (Å²) in [7, 11) is 3.01. The molecule has 0 atom stereocenters. The molecule has 3 rings (SSSR count). The van der Waals surface area contributed by atoms with Crippen molar-refractivity contribution in [1.82, 2.24) is 9.38 Å². The number of fused-ring (bicyclic) bond motifs is 1. The Bertz CT molecular complexity index is 1030. The number of nitrogens with zero attached hydrogens (tertiary/aromatic N) is 3. The van der Waals surface area contributed by atoms with Crippen molar-refractivity contribution in [1.29, 1.82) is 0 Å². The summed E-state index contributed by atoms with van der Waals surface area (Å²) in [5, 5.41) is 0. The number of anilines is 1. The van der Waals surface area contributed by atoms with Gasteiger partial charge in [-0.25, -0.2) is 14.6 Å². The summed E-state index contributed by atoms with van der Waals surface area (Å²) >= 11 is 0. The van der Waals surface area contributed by atoms with Gasteiger partial charge in [-0.15, -0.1) is 0 Å². The molecule has 0 N–H and O–H groups in total. The van der Waals surface area contributed by atoms with Crippen molar-refractivity contribution in [3.8, 4) is 11.3 Å². The Morgan fingerprint density at radius 2 is 1.89 bits per heavy atom. The lowest BCUT2D eigenvalue weighted by Gasteiger charge is -2.24. The standard InChI is InChI=1S/C21H23N3O4/c1-21(2,3)28-20(26)23(4)16-9-10-18-22-12-17(24(18)13-16)14-7-6-8-15(11-14)19(25)27-5/h6-13H,1-5H3. The van der Waals surface area contributed by atoms with Crippen molar-refractivity contribution >= 4 is 23.4 Å². The molecule has 0 radical (unpaired) electrons. The van der Waals surface area contributed by atoms with Crippen LogP contribution in [0.4, 0.5) is 10.5 Å². The van der Waals surface area contributed by atoms with E-state index in [2.05, 4.69) is 4.98 Å². The molecule has 0 aliphatic carbocycles. The second kappa shape index (κ2) is 7.34. The third-order valence-electron chi connectivity index (χ3n) is 4.12. The summed E-state index contributed by atoms with van der Waals surface area (Å²) in [6, 6.07) is 10.8. The van der Waals surface area contributed by atoms with Gasteiger partial charge in [-0.05, 0) is 45.0 Å². The van der Waals surface area contributed by atoms with Gasteiger partial charge >= 0.3 is 12.1 Å². The number of hydrogen-bond donors (Lipinski definition) is 0. The molecule has 0 aliphatic rings. The topological polar surface area (TPSA) is 73.1 Å². The monoisotopic (exact) mass is 381 g/mol. The van der Waals surface area contributed by atoms with E-state index in [-0.39, 0.29) is 0 Å². The van der Waals surface area contributed by atoms with E-state index in [4.69, 9.17) is 9.47 Å². The number of rotatable bonds is 3. The van der Waals surface area contributed by atoms with Gasteiger partial charge in [0.2, 0.25) is 0 Å². The first-order valence-corrected chi connectivity index (χ1v) is 8.82. The molecule has 0 bridgehead atoms. The molecule has 0 aliphatic heterocycles. The molecule has 2 heterocycles. The first kappa shape index (κ1) is 19.4. The number of hydrogen-bond acceptors (Lipinski definition) is 5. The maximum absolute atomic E-state index is 12.4. The number of imidazole rings is 1. The maximum atomic E-state index is 12.4. The fourth-order valence-electron chi connectivity index (χ4n) is 2.74. The minimum absolute atomic E-state index is 0.402. The summed E-state index contributed by atoms with van der Waals surface area (Å²) in [6.45, 7) is 5.47. The number of carbonyl (C=O) groups excluding carboxylic acids is 2. The minimum atomic E-state index is -0.579. The number of methoxy groups -OCH3 is 1. The quantitative estimate of drug-likeness (QED) is 0.637. The first-order chi connectivity index (χ1) is 13.2. The lowest BCUT2D eigenvalue weighted by Crippen LogP contribution is -2.34. The van der Waals surface area contributed by atoms with Crippen LogP contribution in [0.3, 0.4) is 0 Å². The molecular formula is C21H23N3O4. The number of benzene rings is 1. The average molecular weight is 381 g/mol. The molecule has 7 heteroatoms. The number of carbonyl (C=O) groups is 2. The molecule has 0 spiro atoms. The number of aromatic nitrogens is 2. The molecule has 0 saturated heterocycles. The van der Waals surface area contributed by atoms with Crippen molar-refractivity contribution in [3.05, 3.63) is 54.4 Å². The van der Waals surface area contributed by atoms with E-state index in [9.17, 15) is 9.59 Å². The van der Waals surface area contributed by atoms with Crippen LogP contribution in [0.15, 0.2) is 48.8 Å². The van der Waals surface area contributed by atoms with Crippen LogP contribution in [0.2, 0.25) is 0 Å². The summed E-state index contributed by atoms with van der Waals surface area (Å²) in [5.74, 6) is -0.402. The van der Waals surface area contributed by atoms with Crippen molar-refractivity contribution < 1.29 is 19.1 Å². The number of amides is 1. The van der Waals surface area contributed by atoms with Crippen LogP contribution in [0.25, 0.3) is 16.9 Å². The van der Waals surface area contributed by atoms with E-state index in [0.717, 1.165) is 16.9 Å². The number of pyridine rings is 1. The van der Waals surface area contributed by atoms with Crippen molar-refractivity contribution in [2.45, 2.75) is 26.4 Å². The average Bonchev–Trinajstić information content (AvgIpc) is 3.08. The predicted molar refractivity (Wildman–Crippen MR) is 107 cm³/mol. The Morgan fingerprint density at radius 1 is 1.14 bits per heavy atom. The molecule has 28 heavy (non-hydrogen) atoms. The number of esters is 1. The Hall–Kier alpha value is -3.35. The molecule has 3 aromatic rings. The van der Waals surface area contributed by atoms with Gasteiger partial charge in [0.15, 0.2) is 0 Å². The van der Waals surface area contributed by atoms with Crippen molar-refractivity contribution in [3.63, 3.8) is 0 Å². The highest BCUT2D eigenvalue weighted by Gasteiger charge is 2.21. The van der Waals surface area contributed by atoms with E-state index < -0.39 is 17.7 Å². The van der Waals surface area contributed by atoms with Gasteiger partial charge in [0, 0.05) is 18.8 Å². The van der Waals surface area contributed by atoms with Gasteiger partial charge in [-0.2, -0.15) is 0 Å². The Morgan fingerprint density at radius 3 is 2.57 bits per heavy atom. The van der Waals surface area contributed by atoms with Gasteiger partial charge in [-0.3, -0.25) is 9.30 Å². The van der Waals surface area contributed by atoms with E-state index in [1.807, 2.05) is 43.5 Å². The molecule has 0 fully saturated rings. The summed E-state index contributed by atoms with van der Waals surface area (Å²) < 4.78 is 12.1. The molecule has 1 aromatic carbocycles. The maximum Gasteiger partial charge on any atom is 0.414 e. The molecule has 7 nitrogen and oxygen atoms in total. The molecule has 0 unspecified atom stereocenters. The highest BCUT2D eigenvalue weighted by atomic mass is 16.6. The Labute approximate surface area is 163 Å². The van der Waals surface area contributed by atoms with Crippen LogP contribution in [-0.4, -0.2) is 41.2 Å². The fourth-order valence-corrected chi connectivity index (χ4v) is 2.74. The van der Waals surface area contributed by atoms with E-state index >= 15 is 0 Å². The fraction of sp³-hybridized carbons (Fsp3) is 0.286. The highest BCUT2D eigenvalue weighted by Crippen LogP contribution is 2.25. The second-order valence-corrected chi connectivity index (χ2v) is 7.37. The van der Waals surface area contributed by atoms with Crippen LogP contribution >= 0.6 is 0 Å². The van der Waals surface area contributed by atoms with Crippen LogP contribution in [0.1, 0.15) is 31.1 Å². The second-order valence-electron chi connectivity index (χ2n) is 7.37. The Balaban J connectivity index is 2.00. The summed E-state index contributed by atoms with van der Waals surface area (Å²) in [4.78, 5) is 30.0. The normalized spacial score (nSPS) is 11.3. The summed E-state index contributed by atoms with van der Waals surface area (Å²) in [5.41, 5.74) is 2.86. The molecule has 2 aromatic heterocycles. The van der Waals surface area contributed by atoms with E-state index in [0.29, 0.717) is 11.3 Å². The van der Waals surface area contributed by atoms with Gasteiger partial charge in [0.05, 0.1) is 30.3 Å². The molecule has 0 saturated carbocycles. The lowest BCUT2D eigenvalue weighted by atomic mass is 10.1. The largest absolute Gasteiger partial charge is 0.465 e. The van der Waals surface area contributed by atoms with Gasteiger partial charge in [-0.1, -0.05) is 12.1 Å². The summed E-state index contributed by atoms with van der Waals surface area (Å²) in [6.07, 6.45) is 3.09. The van der Waals surface area contributed by atoms with Gasteiger partial charge < -0.3 is 9.47 Å². The van der Waals surface area contributed by atoms with E-state index in [1.165, 1.54) is 12.0 Å². The first-order valence-electron chi connectivity index (χ1n) is 8.82. The van der Waals surface area contributed by atoms with E-state index in [1.54, 1.807) is 37.5 Å². The zero-order chi connectivity index (χ0) is 20.5. The predicted octanol–water partition coefficient (Wildman–Crippen LogP) is 4.16. The third kappa shape index (κ3) is 3.98.